The summed E-state index contributed by atoms with van der Waals surface area (Å²) in [5, 5.41) is 4.94. The Kier molecular flexibility index (Phi) is 8.52. The molecule has 0 bridgehead atoms. The van der Waals surface area contributed by atoms with Crippen LogP contribution in [0.4, 0.5) is 0 Å². The van der Waals surface area contributed by atoms with Crippen molar-refractivity contribution >= 4 is 32.6 Å². The lowest BCUT2D eigenvalue weighted by molar-refractivity contribution is 0.620. The number of benzene rings is 10. The molecule has 0 aliphatic rings. The lowest BCUT2D eigenvalue weighted by Crippen LogP contribution is -1.90. The van der Waals surface area contributed by atoms with Gasteiger partial charge in [0.25, 0.3) is 0 Å². The molecule has 2 heteroatoms. The maximum Gasteiger partial charge on any atom is 0.227 e. The summed E-state index contributed by atoms with van der Waals surface area (Å²) in [5.41, 5.74) is 16.6. The Hall–Kier alpha value is -7.81. The van der Waals surface area contributed by atoms with E-state index in [2.05, 4.69) is 224 Å². The number of nitrogens with zero attached hydrogens (tertiary/aromatic N) is 1. The number of fused-ring (bicyclic) bond motifs is 3. The molecule has 0 saturated carbocycles. The molecule has 0 saturated heterocycles. The van der Waals surface area contributed by atoms with Crippen LogP contribution in [0, 0.1) is 0 Å². The Morgan fingerprint density at radius 1 is 0.271 bits per heavy atom. The Balaban J connectivity index is 1.01. The zero-order chi connectivity index (χ0) is 39.1. The number of hydrogen-bond acceptors (Lipinski definition) is 2. The van der Waals surface area contributed by atoms with E-state index in [0.29, 0.717) is 5.89 Å². The molecular formula is C57H37NO. The maximum atomic E-state index is 6.62. The Labute approximate surface area is 343 Å². The summed E-state index contributed by atoms with van der Waals surface area (Å²) >= 11 is 0. The van der Waals surface area contributed by atoms with Gasteiger partial charge in [0, 0.05) is 5.56 Å². The lowest BCUT2D eigenvalue weighted by Gasteiger charge is -2.17. The van der Waals surface area contributed by atoms with Gasteiger partial charge < -0.3 is 4.42 Å². The van der Waals surface area contributed by atoms with Crippen molar-refractivity contribution in [3.05, 3.63) is 224 Å². The molecule has 1 aromatic heterocycles. The maximum absolute atomic E-state index is 6.62. The molecule has 11 rings (SSSR count). The van der Waals surface area contributed by atoms with Crippen LogP contribution in [0.3, 0.4) is 0 Å². The van der Waals surface area contributed by atoms with Crippen molar-refractivity contribution in [2.24, 2.45) is 0 Å². The first-order valence-corrected chi connectivity index (χ1v) is 20.1. The molecule has 0 radical (unpaired) electrons. The highest BCUT2D eigenvalue weighted by atomic mass is 16.3. The molecular weight excluding hydrogens is 715 g/mol. The van der Waals surface area contributed by atoms with Crippen molar-refractivity contribution < 1.29 is 4.42 Å². The molecule has 0 unspecified atom stereocenters. The van der Waals surface area contributed by atoms with E-state index in [1.165, 1.54) is 60.5 Å². The van der Waals surface area contributed by atoms with Gasteiger partial charge in [-0.3, -0.25) is 0 Å². The van der Waals surface area contributed by atoms with Crippen molar-refractivity contribution in [2.75, 3.05) is 0 Å². The molecule has 0 amide bonds. The summed E-state index contributed by atoms with van der Waals surface area (Å²) < 4.78 is 6.62. The smallest absolute Gasteiger partial charge is 0.227 e. The van der Waals surface area contributed by atoms with Crippen molar-refractivity contribution in [2.45, 2.75) is 0 Å². The molecule has 0 N–H and O–H groups in total. The third kappa shape index (κ3) is 6.28. The van der Waals surface area contributed by atoms with Crippen molar-refractivity contribution in [1.29, 1.82) is 0 Å². The van der Waals surface area contributed by atoms with Crippen LogP contribution in [0.1, 0.15) is 0 Å². The summed E-state index contributed by atoms with van der Waals surface area (Å²) in [5.74, 6) is 0.600. The van der Waals surface area contributed by atoms with E-state index >= 15 is 0 Å². The predicted octanol–water partition coefficient (Wildman–Crippen LogP) is 15.8. The first-order valence-electron chi connectivity index (χ1n) is 20.1. The average Bonchev–Trinajstić information content (AvgIpc) is 3.75. The normalized spacial score (nSPS) is 11.4. The molecule has 0 atom stereocenters. The van der Waals surface area contributed by atoms with Crippen LogP contribution >= 0.6 is 0 Å². The molecule has 0 fully saturated rings. The minimum atomic E-state index is 0.600. The summed E-state index contributed by atoms with van der Waals surface area (Å²) in [4.78, 5) is 5.10. The van der Waals surface area contributed by atoms with Gasteiger partial charge in [-0.2, -0.15) is 0 Å². The van der Waals surface area contributed by atoms with E-state index < -0.39 is 0 Å². The van der Waals surface area contributed by atoms with Gasteiger partial charge >= 0.3 is 0 Å². The van der Waals surface area contributed by atoms with Gasteiger partial charge in [-0.1, -0.05) is 200 Å². The van der Waals surface area contributed by atoms with E-state index in [1.54, 1.807) is 0 Å². The minimum Gasteiger partial charge on any atom is -0.436 e. The van der Waals surface area contributed by atoms with Crippen LogP contribution in [0.15, 0.2) is 229 Å². The summed E-state index contributed by atoms with van der Waals surface area (Å²) in [6, 6.07) is 80.0. The van der Waals surface area contributed by atoms with E-state index in [9.17, 15) is 0 Å². The largest absolute Gasteiger partial charge is 0.436 e. The van der Waals surface area contributed by atoms with Crippen molar-refractivity contribution in [3.8, 4) is 78.2 Å². The van der Waals surface area contributed by atoms with Crippen molar-refractivity contribution in [3.63, 3.8) is 0 Å². The zero-order valence-electron chi connectivity index (χ0n) is 32.2. The molecule has 2 nitrogen and oxygen atoms in total. The highest BCUT2D eigenvalue weighted by Crippen LogP contribution is 2.44. The van der Waals surface area contributed by atoms with Gasteiger partial charge in [0.2, 0.25) is 5.89 Å². The second-order valence-corrected chi connectivity index (χ2v) is 15.1. The van der Waals surface area contributed by atoms with Crippen LogP contribution in [0.5, 0.6) is 0 Å². The van der Waals surface area contributed by atoms with E-state index in [1.807, 2.05) is 0 Å². The van der Waals surface area contributed by atoms with Gasteiger partial charge in [-0.15, -0.1) is 0 Å². The second kappa shape index (κ2) is 14.6. The summed E-state index contributed by atoms with van der Waals surface area (Å²) in [7, 11) is 0. The van der Waals surface area contributed by atoms with E-state index in [-0.39, 0.29) is 0 Å². The SMILES string of the molecule is c1ccc(-c2ccc(-c3cc4nc(-c5ccc(-c6c7ccccc7c(-c7ccccc7)c7ccccc67)cc5)oc4cc3-c3ccc(-c4ccccc4)cc3)cc2)cc1. The number of rotatable bonds is 7. The number of aromatic nitrogens is 1. The van der Waals surface area contributed by atoms with Crippen LogP contribution in [0.25, 0.3) is 111 Å². The van der Waals surface area contributed by atoms with Crippen molar-refractivity contribution in [1.82, 2.24) is 4.98 Å². The highest BCUT2D eigenvalue weighted by Gasteiger charge is 2.19. The highest BCUT2D eigenvalue weighted by molar-refractivity contribution is 6.21. The molecule has 59 heavy (non-hydrogen) atoms. The predicted molar refractivity (Wildman–Crippen MR) is 247 cm³/mol. The third-order valence-corrected chi connectivity index (χ3v) is 11.5. The lowest BCUT2D eigenvalue weighted by atomic mass is 9.86. The Bertz CT molecular complexity index is 3080. The quantitative estimate of drug-likeness (QED) is 0.152. The monoisotopic (exact) mass is 751 g/mol. The van der Waals surface area contributed by atoms with Gasteiger partial charge in [-0.05, 0) is 113 Å². The first kappa shape index (κ1) is 34.4. The fourth-order valence-corrected chi connectivity index (χ4v) is 8.66. The molecule has 276 valence electrons. The third-order valence-electron chi connectivity index (χ3n) is 11.5. The van der Waals surface area contributed by atoms with Gasteiger partial charge in [0.15, 0.2) is 5.58 Å². The number of hydrogen-bond donors (Lipinski definition) is 0. The van der Waals surface area contributed by atoms with Crippen LogP contribution in [-0.4, -0.2) is 4.98 Å². The average molecular weight is 752 g/mol. The zero-order valence-corrected chi connectivity index (χ0v) is 32.2. The minimum absolute atomic E-state index is 0.600. The van der Waals surface area contributed by atoms with Crippen LogP contribution < -0.4 is 0 Å². The summed E-state index contributed by atoms with van der Waals surface area (Å²) in [6.45, 7) is 0. The fraction of sp³-hybridized carbons (Fsp3) is 0. The molecule has 1 heterocycles. The molecule has 0 aliphatic heterocycles. The fourth-order valence-electron chi connectivity index (χ4n) is 8.66. The van der Waals surface area contributed by atoms with E-state index in [4.69, 9.17) is 9.40 Å². The van der Waals surface area contributed by atoms with Crippen LogP contribution in [-0.2, 0) is 0 Å². The molecule has 10 aromatic carbocycles. The Morgan fingerprint density at radius 2 is 0.593 bits per heavy atom. The number of oxazole rings is 1. The topological polar surface area (TPSA) is 26.0 Å². The van der Waals surface area contributed by atoms with Gasteiger partial charge in [0.1, 0.15) is 5.52 Å². The Morgan fingerprint density at radius 3 is 1.05 bits per heavy atom. The first-order chi connectivity index (χ1) is 29.2. The van der Waals surface area contributed by atoms with E-state index in [0.717, 1.165) is 44.5 Å². The summed E-state index contributed by atoms with van der Waals surface area (Å²) in [6.07, 6.45) is 0. The standard InChI is InChI=1S/C57H37NO/c1-4-14-38(15-5-1)40-24-28-42(29-25-40)51-36-53-54(37-52(51)43-30-26-41(27-31-43)39-16-6-2-7-17-39)59-57(58-53)46-34-32-45(33-35-46)56-49-22-12-10-20-47(49)55(44-18-8-3-9-19-44)48-21-11-13-23-50(48)56/h1-37H. The molecule has 11 aromatic rings. The molecule has 0 spiro atoms. The van der Waals surface area contributed by atoms with Gasteiger partial charge in [-0.25, -0.2) is 4.98 Å². The second-order valence-electron chi connectivity index (χ2n) is 15.1. The van der Waals surface area contributed by atoms with Crippen LogP contribution in [0.2, 0.25) is 0 Å². The molecule has 0 aliphatic carbocycles. The van der Waals surface area contributed by atoms with Gasteiger partial charge in [0.05, 0.1) is 0 Å².